The summed E-state index contributed by atoms with van der Waals surface area (Å²) in [7, 11) is 4.13. The van der Waals surface area contributed by atoms with Crippen LogP contribution in [-0.2, 0) is 0 Å². The van der Waals surface area contributed by atoms with E-state index in [0.29, 0.717) is 0 Å². The van der Waals surface area contributed by atoms with E-state index in [1.807, 2.05) is 24.3 Å². The largest absolute Gasteiger partial charge is 0.494 e. The Morgan fingerprint density at radius 3 is 2.43 bits per heavy atom. The molecule has 0 N–H and O–H groups in total. The summed E-state index contributed by atoms with van der Waals surface area (Å²) in [5.74, 6) is 0.918. The van der Waals surface area contributed by atoms with E-state index < -0.39 is 0 Å². The molecule has 0 heterocycles. The Balaban J connectivity index is 2.21. The zero-order chi connectivity index (χ0) is 10.4. The van der Waals surface area contributed by atoms with Gasteiger partial charge in [0.25, 0.3) is 0 Å². The van der Waals surface area contributed by atoms with Crippen molar-refractivity contribution in [1.29, 1.82) is 0 Å². The summed E-state index contributed by atoms with van der Waals surface area (Å²) in [4.78, 5) is 3.12. The maximum atomic E-state index is 5.55. The molecule has 2 nitrogen and oxygen atoms in total. The third-order valence-corrected chi connectivity index (χ3v) is 2.15. The van der Waals surface area contributed by atoms with Crippen molar-refractivity contribution in [2.45, 2.75) is 11.3 Å². The van der Waals surface area contributed by atoms with Crippen LogP contribution in [0.1, 0.15) is 6.42 Å². The average molecular weight is 211 g/mol. The predicted octanol–water partition coefficient (Wildman–Crippen LogP) is 2.31. The van der Waals surface area contributed by atoms with Crippen molar-refractivity contribution in [2.75, 3.05) is 27.2 Å². The normalized spacial score (nSPS) is 10.6. The number of thiol groups is 1. The highest BCUT2D eigenvalue weighted by atomic mass is 32.1. The molecule has 3 heteroatoms. The molecule has 78 valence electrons. The molecule has 0 saturated heterocycles. The van der Waals surface area contributed by atoms with Gasteiger partial charge in [0, 0.05) is 11.4 Å². The van der Waals surface area contributed by atoms with Crippen LogP contribution < -0.4 is 4.74 Å². The van der Waals surface area contributed by atoms with Gasteiger partial charge in [0.2, 0.25) is 0 Å². The SMILES string of the molecule is CN(C)CCCOc1ccc(S)cc1. The molecule has 0 aromatic heterocycles. The minimum absolute atomic E-state index is 0.768. The molecule has 0 atom stereocenters. The van der Waals surface area contributed by atoms with Crippen LogP contribution in [0.3, 0.4) is 0 Å². The quantitative estimate of drug-likeness (QED) is 0.592. The fourth-order valence-electron chi connectivity index (χ4n) is 1.11. The standard InChI is InChI=1S/C11H17NOS/c1-12(2)8-3-9-13-10-4-6-11(14)7-5-10/h4-7,14H,3,8-9H2,1-2H3. The number of ether oxygens (including phenoxy) is 1. The number of hydrogen-bond donors (Lipinski definition) is 1. The van der Waals surface area contributed by atoms with Gasteiger partial charge >= 0.3 is 0 Å². The molecular formula is C11H17NOS. The molecule has 1 aromatic carbocycles. The van der Waals surface area contributed by atoms with Gasteiger partial charge in [-0.15, -0.1) is 12.6 Å². The van der Waals surface area contributed by atoms with E-state index in [-0.39, 0.29) is 0 Å². The fraction of sp³-hybridized carbons (Fsp3) is 0.455. The fourth-order valence-corrected chi connectivity index (χ4v) is 1.26. The number of hydrogen-bond acceptors (Lipinski definition) is 3. The van der Waals surface area contributed by atoms with E-state index in [9.17, 15) is 0 Å². The van der Waals surface area contributed by atoms with Gasteiger partial charge in [-0.25, -0.2) is 0 Å². The summed E-state index contributed by atoms with van der Waals surface area (Å²) < 4.78 is 5.55. The van der Waals surface area contributed by atoms with Crippen molar-refractivity contribution in [3.05, 3.63) is 24.3 Å². The highest BCUT2D eigenvalue weighted by Crippen LogP contribution is 2.14. The Hall–Kier alpha value is -0.670. The summed E-state index contributed by atoms with van der Waals surface area (Å²) in [5.41, 5.74) is 0. The van der Waals surface area contributed by atoms with Crippen LogP contribution in [0.5, 0.6) is 5.75 Å². The highest BCUT2D eigenvalue weighted by Gasteiger charge is 1.94. The summed E-state index contributed by atoms with van der Waals surface area (Å²) in [6.45, 7) is 1.83. The van der Waals surface area contributed by atoms with Crippen LogP contribution in [0.4, 0.5) is 0 Å². The second kappa shape index (κ2) is 5.94. The van der Waals surface area contributed by atoms with Crippen molar-refractivity contribution in [2.24, 2.45) is 0 Å². The number of nitrogens with zero attached hydrogens (tertiary/aromatic N) is 1. The van der Waals surface area contributed by atoms with Gasteiger partial charge < -0.3 is 9.64 Å². The molecule has 14 heavy (non-hydrogen) atoms. The van der Waals surface area contributed by atoms with Crippen LogP contribution in [0.25, 0.3) is 0 Å². The Kier molecular flexibility index (Phi) is 4.84. The molecule has 0 spiro atoms. The Labute approximate surface area is 91.3 Å². The first-order chi connectivity index (χ1) is 6.68. The van der Waals surface area contributed by atoms with Gasteiger partial charge in [0.1, 0.15) is 5.75 Å². The second-order valence-electron chi connectivity index (χ2n) is 3.50. The van der Waals surface area contributed by atoms with Crippen LogP contribution in [0, 0.1) is 0 Å². The smallest absolute Gasteiger partial charge is 0.119 e. The Bertz CT molecular complexity index is 258. The topological polar surface area (TPSA) is 12.5 Å². The summed E-state index contributed by atoms with van der Waals surface area (Å²) in [6.07, 6.45) is 1.05. The summed E-state index contributed by atoms with van der Waals surface area (Å²) >= 11 is 4.21. The second-order valence-corrected chi connectivity index (χ2v) is 4.02. The molecule has 0 aliphatic heterocycles. The molecule has 0 aliphatic rings. The van der Waals surface area contributed by atoms with Crippen LogP contribution in [0.15, 0.2) is 29.2 Å². The van der Waals surface area contributed by atoms with Crippen molar-refractivity contribution < 1.29 is 4.74 Å². The maximum Gasteiger partial charge on any atom is 0.119 e. The molecule has 0 radical (unpaired) electrons. The van der Waals surface area contributed by atoms with Gasteiger partial charge in [-0.3, -0.25) is 0 Å². The molecular weight excluding hydrogens is 194 g/mol. The van der Waals surface area contributed by atoms with Gasteiger partial charge in [-0.2, -0.15) is 0 Å². The first-order valence-electron chi connectivity index (χ1n) is 4.75. The van der Waals surface area contributed by atoms with Crippen molar-refractivity contribution in [3.63, 3.8) is 0 Å². The molecule has 1 aromatic rings. The summed E-state index contributed by atoms with van der Waals surface area (Å²) in [5, 5.41) is 0. The molecule has 0 unspecified atom stereocenters. The van der Waals surface area contributed by atoms with Gasteiger partial charge in [-0.1, -0.05) is 0 Å². The third-order valence-electron chi connectivity index (χ3n) is 1.86. The first kappa shape index (κ1) is 11.4. The number of rotatable bonds is 5. The number of benzene rings is 1. The van der Waals surface area contributed by atoms with Gasteiger partial charge in [-0.05, 0) is 44.8 Å². The molecule has 0 saturated carbocycles. The lowest BCUT2D eigenvalue weighted by molar-refractivity contribution is 0.281. The average Bonchev–Trinajstić information content (AvgIpc) is 2.15. The minimum atomic E-state index is 0.768. The van der Waals surface area contributed by atoms with E-state index in [1.54, 1.807) is 0 Å². The predicted molar refractivity (Wildman–Crippen MR) is 62.4 cm³/mol. The van der Waals surface area contributed by atoms with E-state index in [4.69, 9.17) is 4.74 Å². The van der Waals surface area contributed by atoms with E-state index in [1.165, 1.54) is 0 Å². The lowest BCUT2D eigenvalue weighted by Crippen LogP contribution is -2.15. The minimum Gasteiger partial charge on any atom is -0.494 e. The third kappa shape index (κ3) is 4.53. The molecule has 0 bridgehead atoms. The molecule has 0 aliphatic carbocycles. The maximum absolute atomic E-state index is 5.55. The first-order valence-corrected chi connectivity index (χ1v) is 5.20. The van der Waals surface area contributed by atoms with Gasteiger partial charge in [0.05, 0.1) is 6.61 Å². The van der Waals surface area contributed by atoms with E-state index in [2.05, 4.69) is 31.6 Å². The van der Waals surface area contributed by atoms with Gasteiger partial charge in [0.15, 0.2) is 0 Å². The zero-order valence-corrected chi connectivity index (χ0v) is 9.63. The van der Waals surface area contributed by atoms with E-state index in [0.717, 1.165) is 30.2 Å². The molecule has 1 rings (SSSR count). The Morgan fingerprint density at radius 2 is 1.86 bits per heavy atom. The van der Waals surface area contributed by atoms with Crippen LogP contribution in [0.2, 0.25) is 0 Å². The van der Waals surface area contributed by atoms with E-state index >= 15 is 0 Å². The van der Waals surface area contributed by atoms with Crippen molar-refractivity contribution >= 4 is 12.6 Å². The van der Waals surface area contributed by atoms with Crippen molar-refractivity contribution in [3.8, 4) is 5.75 Å². The highest BCUT2D eigenvalue weighted by molar-refractivity contribution is 7.80. The zero-order valence-electron chi connectivity index (χ0n) is 8.73. The lowest BCUT2D eigenvalue weighted by atomic mass is 10.3. The lowest BCUT2D eigenvalue weighted by Gasteiger charge is -2.10. The van der Waals surface area contributed by atoms with Crippen LogP contribution in [-0.4, -0.2) is 32.1 Å². The Morgan fingerprint density at radius 1 is 1.21 bits per heavy atom. The van der Waals surface area contributed by atoms with Crippen molar-refractivity contribution in [1.82, 2.24) is 4.90 Å². The molecule has 0 amide bonds. The monoisotopic (exact) mass is 211 g/mol. The molecule has 0 fully saturated rings. The van der Waals surface area contributed by atoms with Crippen LogP contribution >= 0.6 is 12.6 Å². The summed E-state index contributed by atoms with van der Waals surface area (Å²) in [6, 6.07) is 7.75.